The topological polar surface area (TPSA) is 118 Å². The van der Waals surface area contributed by atoms with Gasteiger partial charge in [-0.05, 0) is 19.4 Å². The smallest absolute Gasteiger partial charge is 0.211 e. The zero-order valence-corrected chi connectivity index (χ0v) is 14.4. The van der Waals surface area contributed by atoms with Crippen molar-refractivity contribution in [2.24, 2.45) is 20.0 Å². The lowest BCUT2D eigenvalue weighted by Gasteiger charge is -2.25. The van der Waals surface area contributed by atoms with Gasteiger partial charge in [-0.1, -0.05) is 42.0 Å². The quantitative estimate of drug-likeness (QED) is 0.581. The Morgan fingerprint density at radius 1 is 0.704 bits per heavy atom. The minimum Gasteiger partial charge on any atom is -0.211 e. The van der Waals surface area contributed by atoms with Gasteiger partial charge >= 0.3 is 0 Å². The molecule has 2 aromatic carbocycles. The predicted octanol–water partition coefficient (Wildman–Crippen LogP) is 3.11. The van der Waals surface area contributed by atoms with Crippen molar-refractivity contribution >= 4 is 35.7 Å². The Balaban J connectivity index is 3.05. The molecule has 8 heteroatoms. The number of nitrogens with zero attached hydrogens (tertiary/aromatic N) is 4. The molecule has 2 rings (SSSR count). The summed E-state index contributed by atoms with van der Waals surface area (Å²) in [6.07, 6.45) is 5.54. The molecule has 0 saturated heterocycles. The van der Waals surface area contributed by atoms with E-state index in [4.69, 9.17) is 0 Å². The fourth-order valence-corrected chi connectivity index (χ4v) is 2.66. The molecule has 0 aromatic heterocycles. The van der Waals surface area contributed by atoms with E-state index in [0.717, 1.165) is 5.56 Å². The maximum absolute atomic E-state index is 11.2. The first-order valence-corrected chi connectivity index (χ1v) is 7.59. The van der Waals surface area contributed by atoms with Crippen LogP contribution in [-0.2, 0) is 24.8 Å². The summed E-state index contributed by atoms with van der Waals surface area (Å²) in [5.74, 6) is 0. The molecular formula is C19H12N4O4. The van der Waals surface area contributed by atoms with Crippen molar-refractivity contribution in [3.8, 4) is 0 Å². The first-order chi connectivity index (χ1) is 13.0. The van der Waals surface area contributed by atoms with Crippen molar-refractivity contribution in [3.05, 3.63) is 58.7 Å². The summed E-state index contributed by atoms with van der Waals surface area (Å²) in [6.45, 7) is 3.48. The molecule has 8 nitrogen and oxygen atoms in total. The summed E-state index contributed by atoms with van der Waals surface area (Å²) in [6, 6.07) is 9.69. The van der Waals surface area contributed by atoms with Gasteiger partial charge in [-0.25, -0.2) is 19.2 Å². The lowest BCUT2D eigenvalue weighted by Crippen LogP contribution is -2.23. The average molecular weight is 360 g/mol. The molecule has 132 valence electrons. The lowest BCUT2D eigenvalue weighted by atomic mass is 9.89. The molecule has 0 bridgehead atoms. The molecule has 0 fully saturated rings. The zero-order valence-electron chi connectivity index (χ0n) is 14.4. The molecule has 0 saturated carbocycles. The molecule has 0 N–H and O–H groups in total. The van der Waals surface area contributed by atoms with E-state index in [0.29, 0.717) is 11.1 Å². The standard InChI is InChI=1S/C19H12N4O4/c1-13-3-6-15(7-4-13)19(22-11-26,23-12-27)16-8-5-14(2)17(20-9-24)18(16)21-10-25/h3-8H,1-2H3. The molecule has 0 aliphatic carbocycles. The third-order valence-electron chi connectivity index (χ3n) is 3.91. The number of isocyanates is 4. The van der Waals surface area contributed by atoms with Gasteiger partial charge in [-0.15, -0.1) is 0 Å². The molecule has 27 heavy (non-hydrogen) atoms. The summed E-state index contributed by atoms with van der Waals surface area (Å²) in [5.41, 5.74) is -0.212. The molecule has 0 spiro atoms. The molecule has 0 aliphatic rings. The minimum atomic E-state index is -1.91. The van der Waals surface area contributed by atoms with Crippen LogP contribution in [0.15, 0.2) is 56.4 Å². The maximum Gasteiger partial charge on any atom is 0.240 e. The van der Waals surface area contributed by atoms with Crippen molar-refractivity contribution in [2.75, 3.05) is 0 Å². The first kappa shape index (κ1) is 19.3. The zero-order chi connectivity index (χ0) is 19.9. The Morgan fingerprint density at radius 2 is 1.26 bits per heavy atom. The van der Waals surface area contributed by atoms with Crippen LogP contribution in [0, 0.1) is 13.8 Å². The van der Waals surface area contributed by atoms with E-state index < -0.39 is 5.66 Å². The number of benzene rings is 2. The summed E-state index contributed by atoms with van der Waals surface area (Å²) in [5, 5.41) is 0. The average Bonchev–Trinajstić information content (AvgIpc) is 2.65. The van der Waals surface area contributed by atoms with Crippen molar-refractivity contribution in [3.63, 3.8) is 0 Å². The van der Waals surface area contributed by atoms with Crippen LogP contribution in [0.1, 0.15) is 22.3 Å². The molecule has 0 unspecified atom stereocenters. The molecule has 0 heterocycles. The van der Waals surface area contributed by atoms with E-state index in [1.807, 2.05) is 6.92 Å². The second kappa shape index (κ2) is 8.37. The highest BCUT2D eigenvalue weighted by Gasteiger charge is 2.38. The van der Waals surface area contributed by atoms with Crippen molar-refractivity contribution < 1.29 is 19.2 Å². The highest BCUT2D eigenvalue weighted by Crippen LogP contribution is 2.45. The van der Waals surface area contributed by atoms with E-state index in [-0.39, 0.29) is 16.9 Å². The fraction of sp³-hybridized carbons (Fsp3) is 0.158. The van der Waals surface area contributed by atoms with Gasteiger partial charge in [0.1, 0.15) is 11.4 Å². The molecule has 0 atom stereocenters. The van der Waals surface area contributed by atoms with Gasteiger partial charge in [-0.3, -0.25) is 0 Å². The number of rotatable bonds is 6. The van der Waals surface area contributed by atoms with Crippen LogP contribution in [0.2, 0.25) is 0 Å². The Hall–Kier alpha value is -4.04. The summed E-state index contributed by atoms with van der Waals surface area (Å²) in [7, 11) is 0. The second-order valence-corrected chi connectivity index (χ2v) is 5.48. The number of hydrogen-bond donors (Lipinski definition) is 0. The van der Waals surface area contributed by atoms with Crippen LogP contribution in [0.4, 0.5) is 11.4 Å². The number of hydrogen-bond acceptors (Lipinski definition) is 8. The summed E-state index contributed by atoms with van der Waals surface area (Å²) < 4.78 is 0. The Bertz CT molecular complexity index is 1050. The van der Waals surface area contributed by atoms with Crippen LogP contribution < -0.4 is 0 Å². The second-order valence-electron chi connectivity index (χ2n) is 5.48. The van der Waals surface area contributed by atoms with Crippen molar-refractivity contribution in [1.29, 1.82) is 0 Å². The highest BCUT2D eigenvalue weighted by molar-refractivity contribution is 5.77. The van der Waals surface area contributed by atoms with Crippen LogP contribution >= 0.6 is 0 Å². The first-order valence-electron chi connectivity index (χ1n) is 7.59. The minimum absolute atomic E-state index is 0.0181. The molecule has 0 radical (unpaired) electrons. The molecule has 2 aromatic rings. The lowest BCUT2D eigenvalue weighted by molar-refractivity contribution is 0.517. The largest absolute Gasteiger partial charge is 0.240 e. The number of carbonyl (C=O) groups excluding carboxylic acids is 4. The van der Waals surface area contributed by atoms with E-state index in [1.54, 1.807) is 37.3 Å². The van der Waals surface area contributed by atoms with Gasteiger partial charge in [0.05, 0.1) is 0 Å². The van der Waals surface area contributed by atoms with Crippen LogP contribution in [0.3, 0.4) is 0 Å². The van der Waals surface area contributed by atoms with E-state index in [9.17, 15) is 19.2 Å². The molecule has 0 amide bonds. The SMILES string of the molecule is Cc1ccc(C(N=C=O)(N=C=O)c2ccc(C)c(N=C=O)c2N=C=O)cc1. The van der Waals surface area contributed by atoms with Crippen molar-refractivity contribution in [1.82, 2.24) is 0 Å². The maximum atomic E-state index is 11.2. The van der Waals surface area contributed by atoms with Crippen LogP contribution in [-0.4, -0.2) is 24.3 Å². The van der Waals surface area contributed by atoms with Gasteiger partial charge in [0, 0.05) is 11.1 Å². The van der Waals surface area contributed by atoms with Crippen LogP contribution in [0.5, 0.6) is 0 Å². The van der Waals surface area contributed by atoms with Gasteiger partial charge in [0.15, 0.2) is 0 Å². The predicted molar refractivity (Wildman–Crippen MR) is 94.9 cm³/mol. The Morgan fingerprint density at radius 3 is 1.78 bits per heavy atom. The Kier molecular flexibility index (Phi) is 5.98. The van der Waals surface area contributed by atoms with Gasteiger partial charge in [0.25, 0.3) is 0 Å². The number of aliphatic imine (C=N–C) groups is 4. The molecule has 0 aliphatic heterocycles. The summed E-state index contributed by atoms with van der Waals surface area (Å²) in [4.78, 5) is 58.7. The van der Waals surface area contributed by atoms with E-state index in [2.05, 4.69) is 20.0 Å². The third-order valence-corrected chi connectivity index (χ3v) is 3.91. The third kappa shape index (κ3) is 3.65. The monoisotopic (exact) mass is 360 g/mol. The summed E-state index contributed by atoms with van der Waals surface area (Å²) >= 11 is 0. The fourth-order valence-electron chi connectivity index (χ4n) is 2.66. The van der Waals surface area contributed by atoms with E-state index in [1.165, 1.54) is 30.4 Å². The highest BCUT2D eigenvalue weighted by atomic mass is 16.1. The van der Waals surface area contributed by atoms with Crippen molar-refractivity contribution in [2.45, 2.75) is 19.5 Å². The number of aryl methyl sites for hydroxylation is 2. The van der Waals surface area contributed by atoms with Gasteiger partial charge in [-0.2, -0.15) is 20.0 Å². The molecular weight excluding hydrogens is 348 g/mol. The van der Waals surface area contributed by atoms with Crippen LogP contribution in [0.25, 0.3) is 0 Å². The normalized spacial score (nSPS) is 11.6. The van der Waals surface area contributed by atoms with E-state index >= 15 is 0 Å². The van der Waals surface area contributed by atoms with Gasteiger partial charge < -0.3 is 0 Å². The Labute approximate surface area is 153 Å². The van der Waals surface area contributed by atoms with Gasteiger partial charge in [0.2, 0.25) is 30.0 Å².